The first kappa shape index (κ1) is 22.0. The van der Waals surface area contributed by atoms with Gasteiger partial charge >= 0.3 is 5.97 Å². The van der Waals surface area contributed by atoms with Crippen LogP contribution in [0.3, 0.4) is 0 Å². The van der Waals surface area contributed by atoms with Gasteiger partial charge in [-0.3, -0.25) is 14.4 Å². The molecule has 1 aromatic heterocycles. The number of thiophene rings is 1. The number of amides is 2. The molecule has 0 fully saturated rings. The third kappa shape index (κ3) is 6.39. The van der Waals surface area contributed by atoms with E-state index in [0.29, 0.717) is 27.8 Å². The van der Waals surface area contributed by atoms with Gasteiger partial charge in [-0.1, -0.05) is 6.07 Å². The molecule has 0 atom stereocenters. The monoisotopic (exact) mass is 422 g/mol. The van der Waals surface area contributed by atoms with E-state index in [-0.39, 0.29) is 18.9 Å². The molecule has 0 radical (unpaired) electrons. The van der Waals surface area contributed by atoms with Gasteiger partial charge in [-0.15, -0.1) is 11.3 Å². The quantitative estimate of drug-likeness (QED) is 0.564. The van der Waals surface area contributed by atoms with E-state index in [9.17, 15) is 14.4 Å². The van der Waals surface area contributed by atoms with Gasteiger partial charge in [0.15, 0.2) is 18.1 Å². The third-order valence-corrected chi connectivity index (χ3v) is 4.54. The second-order valence-corrected chi connectivity index (χ2v) is 6.55. The predicted octanol–water partition coefficient (Wildman–Crippen LogP) is 2.08. The Balaban J connectivity index is 1.79. The maximum absolute atomic E-state index is 12.0. The van der Waals surface area contributed by atoms with Crippen LogP contribution in [0.2, 0.25) is 0 Å². The molecule has 2 N–H and O–H groups in total. The predicted molar refractivity (Wildman–Crippen MR) is 107 cm³/mol. The summed E-state index contributed by atoms with van der Waals surface area (Å²) in [6, 6.07) is 6.56. The van der Waals surface area contributed by atoms with E-state index in [1.807, 2.05) is 0 Å². The highest BCUT2D eigenvalue weighted by Crippen LogP contribution is 2.39. The number of nitrogens with one attached hydrogen (secondary N) is 2. The molecule has 29 heavy (non-hydrogen) atoms. The van der Waals surface area contributed by atoms with Crippen LogP contribution in [0, 0.1) is 0 Å². The molecule has 0 aliphatic heterocycles. The highest BCUT2D eigenvalue weighted by atomic mass is 32.1. The van der Waals surface area contributed by atoms with Crippen LogP contribution in [-0.2, 0) is 14.3 Å². The van der Waals surface area contributed by atoms with E-state index in [2.05, 4.69) is 10.6 Å². The Morgan fingerprint density at radius 3 is 2.28 bits per heavy atom. The number of methoxy groups -OCH3 is 3. The highest BCUT2D eigenvalue weighted by Gasteiger charge is 2.15. The van der Waals surface area contributed by atoms with E-state index in [1.54, 1.807) is 29.6 Å². The zero-order valence-corrected chi connectivity index (χ0v) is 17.1. The molecule has 0 spiro atoms. The van der Waals surface area contributed by atoms with Crippen LogP contribution in [0.1, 0.15) is 16.1 Å². The number of carbonyl (C=O) groups excluding carboxylic acids is 3. The highest BCUT2D eigenvalue weighted by molar-refractivity contribution is 7.12. The average molecular weight is 422 g/mol. The fourth-order valence-corrected chi connectivity index (χ4v) is 2.98. The lowest BCUT2D eigenvalue weighted by Crippen LogP contribution is -2.27. The molecule has 0 aliphatic rings. The lowest BCUT2D eigenvalue weighted by atomic mass is 10.2. The molecular weight excluding hydrogens is 400 g/mol. The number of anilines is 1. The van der Waals surface area contributed by atoms with Crippen LogP contribution < -0.4 is 24.8 Å². The van der Waals surface area contributed by atoms with Crippen LogP contribution in [-0.4, -0.2) is 52.3 Å². The molecule has 0 saturated heterocycles. The Bertz CT molecular complexity index is 827. The van der Waals surface area contributed by atoms with Crippen molar-refractivity contribution in [3.63, 3.8) is 0 Å². The van der Waals surface area contributed by atoms with Gasteiger partial charge in [0, 0.05) is 24.4 Å². The summed E-state index contributed by atoms with van der Waals surface area (Å²) in [6.07, 6.45) is -0.0470. The summed E-state index contributed by atoms with van der Waals surface area (Å²) < 4.78 is 20.6. The van der Waals surface area contributed by atoms with Crippen LogP contribution in [0.25, 0.3) is 0 Å². The smallest absolute Gasteiger partial charge is 0.308 e. The van der Waals surface area contributed by atoms with E-state index < -0.39 is 18.5 Å². The van der Waals surface area contributed by atoms with Crippen LogP contribution >= 0.6 is 11.3 Å². The van der Waals surface area contributed by atoms with Gasteiger partial charge in [0.1, 0.15) is 0 Å². The zero-order chi connectivity index (χ0) is 21.2. The molecule has 1 aromatic carbocycles. The Morgan fingerprint density at radius 1 is 1.03 bits per heavy atom. The van der Waals surface area contributed by atoms with Crippen LogP contribution in [0.4, 0.5) is 5.69 Å². The summed E-state index contributed by atoms with van der Waals surface area (Å²) in [7, 11) is 4.39. The Hall–Kier alpha value is -3.27. The van der Waals surface area contributed by atoms with E-state index >= 15 is 0 Å². The first-order valence-corrected chi connectivity index (χ1v) is 9.43. The fourth-order valence-electron chi connectivity index (χ4n) is 2.34. The van der Waals surface area contributed by atoms with Crippen molar-refractivity contribution in [2.45, 2.75) is 6.42 Å². The lowest BCUT2D eigenvalue weighted by molar-refractivity contribution is -0.147. The third-order valence-electron chi connectivity index (χ3n) is 3.67. The molecule has 0 saturated carbocycles. The summed E-state index contributed by atoms with van der Waals surface area (Å²) in [5, 5.41) is 6.99. The van der Waals surface area contributed by atoms with E-state index in [4.69, 9.17) is 18.9 Å². The topological polar surface area (TPSA) is 112 Å². The SMILES string of the molecule is COc1cc(NC(=O)COC(=O)CCNC(=O)c2cccs2)cc(OC)c1OC. The van der Waals surface area contributed by atoms with Crippen molar-refractivity contribution >= 4 is 34.8 Å². The number of ether oxygens (including phenoxy) is 4. The fraction of sp³-hybridized carbons (Fsp3) is 0.316. The number of benzene rings is 1. The summed E-state index contributed by atoms with van der Waals surface area (Å²) in [5.41, 5.74) is 0.392. The molecule has 156 valence electrons. The number of hydrogen-bond donors (Lipinski definition) is 2. The Labute approximate surface area is 171 Å². The summed E-state index contributed by atoms with van der Waals surface area (Å²) >= 11 is 1.31. The largest absolute Gasteiger partial charge is 0.493 e. The normalized spacial score (nSPS) is 10.0. The molecule has 9 nitrogen and oxygen atoms in total. The van der Waals surface area contributed by atoms with Crippen molar-refractivity contribution in [1.29, 1.82) is 0 Å². The van der Waals surface area contributed by atoms with Crippen LogP contribution in [0.15, 0.2) is 29.6 Å². The molecule has 0 bridgehead atoms. The van der Waals surface area contributed by atoms with Crippen molar-refractivity contribution in [2.75, 3.05) is 39.8 Å². The molecule has 2 amide bonds. The summed E-state index contributed by atoms with van der Waals surface area (Å²) in [4.78, 5) is 36.1. The van der Waals surface area contributed by atoms with Gasteiger partial charge in [-0.25, -0.2) is 0 Å². The minimum Gasteiger partial charge on any atom is -0.493 e. The van der Waals surface area contributed by atoms with Crippen molar-refractivity contribution in [3.05, 3.63) is 34.5 Å². The maximum Gasteiger partial charge on any atom is 0.308 e. The van der Waals surface area contributed by atoms with Crippen molar-refractivity contribution in [2.24, 2.45) is 0 Å². The van der Waals surface area contributed by atoms with E-state index in [0.717, 1.165) is 0 Å². The van der Waals surface area contributed by atoms with Crippen molar-refractivity contribution in [3.8, 4) is 17.2 Å². The van der Waals surface area contributed by atoms with Crippen molar-refractivity contribution < 1.29 is 33.3 Å². The molecule has 0 aliphatic carbocycles. The Morgan fingerprint density at radius 2 is 1.72 bits per heavy atom. The summed E-state index contributed by atoms with van der Waals surface area (Å²) in [6.45, 7) is -0.349. The van der Waals surface area contributed by atoms with Crippen LogP contribution in [0.5, 0.6) is 17.2 Å². The molecule has 0 unspecified atom stereocenters. The van der Waals surface area contributed by atoms with E-state index in [1.165, 1.54) is 32.7 Å². The second kappa shape index (κ2) is 10.9. The van der Waals surface area contributed by atoms with Gasteiger partial charge in [0.2, 0.25) is 5.75 Å². The van der Waals surface area contributed by atoms with Crippen molar-refractivity contribution in [1.82, 2.24) is 5.32 Å². The molecule has 1 heterocycles. The van der Waals surface area contributed by atoms with Gasteiger partial charge in [-0.05, 0) is 11.4 Å². The first-order chi connectivity index (χ1) is 14.0. The number of esters is 1. The van der Waals surface area contributed by atoms with Gasteiger partial charge < -0.3 is 29.6 Å². The van der Waals surface area contributed by atoms with Gasteiger partial charge in [-0.2, -0.15) is 0 Å². The minimum absolute atomic E-state index is 0.0470. The standard InChI is InChI=1S/C19H22N2O7S/c1-25-13-9-12(10-14(26-2)18(13)27-3)21-16(22)11-28-17(23)6-7-20-19(24)15-5-4-8-29-15/h4-5,8-10H,6-7,11H2,1-3H3,(H,20,24)(H,21,22). The maximum atomic E-state index is 12.0. The molecular formula is C19H22N2O7S. The summed E-state index contributed by atoms with van der Waals surface area (Å²) in [5.74, 6) is -0.245. The minimum atomic E-state index is -0.600. The average Bonchev–Trinajstić information content (AvgIpc) is 3.26. The molecule has 2 rings (SSSR count). The number of carbonyl (C=O) groups is 3. The first-order valence-electron chi connectivity index (χ1n) is 8.55. The number of hydrogen-bond acceptors (Lipinski definition) is 8. The molecule has 2 aromatic rings. The van der Waals surface area contributed by atoms with Gasteiger partial charge in [0.25, 0.3) is 11.8 Å². The Kier molecular flexibility index (Phi) is 8.28. The second-order valence-electron chi connectivity index (χ2n) is 5.61. The lowest BCUT2D eigenvalue weighted by Gasteiger charge is -2.14. The van der Waals surface area contributed by atoms with Gasteiger partial charge in [0.05, 0.1) is 32.6 Å². The number of rotatable bonds is 10. The zero-order valence-electron chi connectivity index (χ0n) is 16.3. The molecule has 10 heteroatoms.